The summed E-state index contributed by atoms with van der Waals surface area (Å²) in [4.78, 5) is 0. The Bertz CT molecular complexity index is 2440. The van der Waals surface area contributed by atoms with Crippen LogP contribution in [0.3, 0.4) is 0 Å². The van der Waals surface area contributed by atoms with Crippen molar-refractivity contribution in [3.05, 3.63) is 87.0 Å². The second kappa shape index (κ2) is 93.2. The second-order valence-corrected chi connectivity index (χ2v) is 40.8. The molecule has 3 rings (SSSR count). The Kier molecular flexibility index (Phi) is 88.6. The van der Waals surface area contributed by atoms with Crippen LogP contribution in [-0.4, -0.2) is 4.70 Å². The van der Waals surface area contributed by atoms with Crippen LogP contribution in [0.4, 0.5) is 0 Å². The van der Waals surface area contributed by atoms with E-state index in [1.807, 2.05) is 0 Å². The molecule has 0 spiro atoms. The third-order valence-corrected chi connectivity index (χ3v) is 28.6. The van der Waals surface area contributed by atoms with Crippen molar-refractivity contribution in [1.82, 2.24) is 0 Å². The summed E-state index contributed by atoms with van der Waals surface area (Å²) < 4.78 is 1.62. The van der Waals surface area contributed by atoms with Crippen LogP contribution in [0, 0.1) is 0 Å². The number of hydrogen-bond acceptors (Lipinski definition) is 0. The Hall–Kier alpha value is -1.99. The molecule has 0 radical (unpaired) electrons. The Morgan fingerprint density at radius 1 is 0.183 bits per heavy atom. The molecule has 0 atom stereocenters. The van der Waals surface area contributed by atoms with Crippen LogP contribution in [0.25, 0.3) is 16.9 Å². The van der Waals surface area contributed by atoms with E-state index in [4.69, 9.17) is 0 Å². The van der Waals surface area contributed by atoms with E-state index in [0.29, 0.717) is 0 Å². The van der Waals surface area contributed by atoms with Gasteiger partial charge in [0, 0.05) is 22.8 Å². The molecule has 1 aliphatic heterocycles. The van der Waals surface area contributed by atoms with E-state index in [-0.39, 0.29) is 0 Å². The minimum Gasteiger partial charge on any atom is -0.493 e. The predicted octanol–water partition coefficient (Wildman–Crippen LogP) is 43.0. The first kappa shape index (κ1) is 114. The third-order valence-electron chi connectivity index (χ3n) is 27.2. The minimum absolute atomic E-state index is 0.985. The average Bonchev–Trinajstić information content (AvgIpc) is 1.62. The SMILES string of the molecule is CCCCCCCCCCCCCCCCCCCCCC[CH2][Ni][CH2]CCCCCCCCCCCCCCCCCCCCCC.CCCCCCCCCCCCCCCCCCCCc1cc(CCCCC)cc(C2=CC(CCCCC)=C(c3cc(CCCCC)cc(CCCCCCCCCCCCCCCCCCCC)c3)[N+]2=[N-])c1. The predicted molar refractivity (Wildman–Crippen MR) is 542 cm³/mol. The van der Waals surface area contributed by atoms with E-state index in [1.165, 1.54) is 602 Å². The zero-order valence-corrected chi connectivity index (χ0v) is 84.2. The third kappa shape index (κ3) is 73.0. The Morgan fingerprint density at radius 2 is 0.342 bits per heavy atom. The molecule has 2 aromatic rings. The number of allylic oxidation sites excluding steroid dienone is 2. The normalized spacial score (nSPS) is 12.4. The number of nitrogens with zero attached hydrogens (tertiary/aromatic N) is 2. The van der Waals surface area contributed by atoms with Crippen LogP contribution in [0.15, 0.2) is 48.0 Å². The number of aryl methyl sites for hydroxylation is 4. The van der Waals surface area contributed by atoms with E-state index in [9.17, 15) is 5.53 Å². The molecule has 0 unspecified atom stereocenters. The van der Waals surface area contributed by atoms with Gasteiger partial charge in [0.05, 0.1) is 0 Å². The van der Waals surface area contributed by atoms with Crippen LogP contribution >= 0.6 is 0 Å². The van der Waals surface area contributed by atoms with Gasteiger partial charge in [0.15, 0.2) is 0 Å². The quantitative estimate of drug-likeness (QED) is 0.0358. The van der Waals surface area contributed by atoms with Crippen LogP contribution in [0.5, 0.6) is 0 Å². The molecule has 2 aromatic carbocycles. The fraction of sp³-hybridized carbons (Fsp3) is 0.863. The van der Waals surface area contributed by atoms with Crippen LogP contribution in [0.2, 0.25) is 10.8 Å². The number of hydrogen-bond donors (Lipinski definition) is 0. The Balaban J connectivity index is 0.000000898. The molecule has 0 saturated heterocycles. The monoisotopic (exact) mass is 1710 g/mol. The maximum atomic E-state index is 12.5. The van der Waals surface area contributed by atoms with E-state index in [2.05, 4.69) is 105 Å². The van der Waals surface area contributed by atoms with Gasteiger partial charge in [0.2, 0.25) is 11.4 Å². The van der Waals surface area contributed by atoms with Crippen molar-refractivity contribution in [1.29, 1.82) is 0 Å². The molecule has 3 heteroatoms. The maximum absolute atomic E-state index is 12.5. The molecule has 0 saturated carbocycles. The molecule has 0 amide bonds. The zero-order valence-electron chi connectivity index (χ0n) is 83.2. The van der Waals surface area contributed by atoms with E-state index in [0.717, 1.165) is 49.9 Å². The molecular weight excluding hydrogens is 1490 g/mol. The summed E-state index contributed by atoms with van der Waals surface area (Å²) in [5, 5.41) is 2.87. The summed E-state index contributed by atoms with van der Waals surface area (Å²) in [5.41, 5.74) is 24.1. The fourth-order valence-electron chi connectivity index (χ4n) is 19.1. The van der Waals surface area contributed by atoms with Crippen molar-refractivity contribution < 1.29 is 19.1 Å². The molecule has 1 heterocycles. The molecule has 0 fully saturated rings. The number of rotatable bonds is 96. The van der Waals surface area contributed by atoms with Crippen molar-refractivity contribution in [3.63, 3.8) is 0 Å². The topological polar surface area (TPSA) is 25.3 Å². The van der Waals surface area contributed by atoms with Crippen molar-refractivity contribution >= 4 is 11.4 Å². The summed E-state index contributed by atoms with van der Waals surface area (Å²) in [5.74, 6) is 0. The molecule has 2 nitrogen and oxygen atoms in total. The van der Waals surface area contributed by atoms with E-state index < -0.39 is 0 Å². The molecule has 0 N–H and O–H groups in total. The summed E-state index contributed by atoms with van der Waals surface area (Å²) in [6.45, 7) is 16.2. The van der Waals surface area contributed by atoms with Crippen LogP contribution < -0.4 is 0 Å². The first-order chi connectivity index (χ1) is 59.5. The van der Waals surface area contributed by atoms with Gasteiger partial charge in [-0.2, -0.15) is 0 Å². The second-order valence-electron chi connectivity index (χ2n) is 39.3. The van der Waals surface area contributed by atoms with Crippen molar-refractivity contribution in [3.8, 4) is 0 Å². The summed E-state index contributed by atoms with van der Waals surface area (Å²) in [6.07, 6.45) is 132. The molecule has 120 heavy (non-hydrogen) atoms. The van der Waals surface area contributed by atoms with Crippen molar-refractivity contribution in [2.45, 2.75) is 650 Å². The first-order valence-corrected chi connectivity index (χ1v) is 57.5. The Morgan fingerprint density at radius 3 is 0.550 bits per heavy atom. The molecule has 1 aliphatic rings. The molecule has 0 aromatic heterocycles. The summed E-state index contributed by atoms with van der Waals surface area (Å²) in [7, 11) is 0. The molecule has 0 bridgehead atoms. The number of benzene rings is 2. The smallest absolute Gasteiger partial charge is 0.493 e. The van der Waals surface area contributed by atoms with Crippen molar-refractivity contribution in [2.24, 2.45) is 0 Å². The summed E-state index contributed by atoms with van der Waals surface area (Å²) >= 11 is 2.05. The van der Waals surface area contributed by atoms with Gasteiger partial charge in [0.1, 0.15) is 0 Å². The first-order valence-electron chi connectivity index (χ1n) is 56.1. The van der Waals surface area contributed by atoms with Gasteiger partial charge >= 0.3 is 166 Å². The average molecular weight is 1710 g/mol. The van der Waals surface area contributed by atoms with Gasteiger partial charge in [0.25, 0.3) is 0 Å². The zero-order chi connectivity index (χ0) is 85.9. The van der Waals surface area contributed by atoms with Gasteiger partial charge < -0.3 is 5.53 Å². The standard InChI is InChI=1S/C71H122N2.2C23H47.Ni/c1-6-11-16-18-20-22-24-26-28-30-32-34-36-38-40-42-44-49-53-64-56-63(51-46-13-8-3)58-68(59-64)70-62-67(55-48-15-10-5)71(73(70)72)69-60-65(52-47-14-9-4)57-66(61-69)54-50-45-43-41-39-37-35-33-31-29-27-25-23-21-19-17-12-7-2;2*1-3-5-7-9-11-13-15-17-19-21-23-22-20-18-16-14-12-10-8-6-4-2;/h56-62H,6-55H2,1-5H3;2*1,3-23H2,2H3;. The van der Waals surface area contributed by atoms with Crippen molar-refractivity contribution in [2.75, 3.05) is 0 Å². The Labute approximate surface area is 762 Å². The molecule has 704 valence electrons. The van der Waals surface area contributed by atoms with Crippen LogP contribution in [0.1, 0.15) is 647 Å². The minimum atomic E-state index is 0.985. The fourth-order valence-corrected chi connectivity index (χ4v) is 20.3. The number of unbranched alkanes of at least 4 members (excludes halogenated alkanes) is 80. The van der Waals surface area contributed by atoms with Gasteiger partial charge in [-0.05, 0) is 111 Å². The van der Waals surface area contributed by atoms with Gasteiger partial charge in [-0.1, -0.05) is 446 Å². The van der Waals surface area contributed by atoms with Gasteiger partial charge in [-0.25, -0.2) is 4.70 Å². The summed E-state index contributed by atoms with van der Waals surface area (Å²) in [6, 6.07) is 14.8. The van der Waals surface area contributed by atoms with E-state index >= 15 is 0 Å². The van der Waals surface area contributed by atoms with Crippen LogP contribution in [-0.2, 0) is 40.1 Å². The van der Waals surface area contributed by atoms with Gasteiger partial charge in [-0.15, -0.1) is 0 Å². The van der Waals surface area contributed by atoms with E-state index in [1.54, 1.807) is 4.70 Å². The van der Waals surface area contributed by atoms with Gasteiger partial charge in [-0.3, -0.25) is 0 Å². The molecular formula is C117H216N2Ni. The molecule has 0 aliphatic carbocycles.